The van der Waals surface area contributed by atoms with Crippen LogP contribution in [-0.2, 0) is 9.47 Å². The zero-order chi connectivity index (χ0) is 10.8. The SMILES string of the molecule is CC(C)n1cncc1C1OCC(CCl)O1. The Hall–Kier alpha value is -0.580. The van der Waals surface area contributed by atoms with Gasteiger partial charge in [-0.3, -0.25) is 0 Å². The summed E-state index contributed by atoms with van der Waals surface area (Å²) in [4.78, 5) is 4.11. The minimum Gasteiger partial charge on any atom is -0.344 e. The van der Waals surface area contributed by atoms with Crippen LogP contribution in [0.25, 0.3) is 0 Å². The van der Waals surface area contributed by atoms with Gasteiger partial charge in [0.15, 0.2) is 0 Å². The second-order valence-corrected chi connectivity index (χ2v) is 4.21. The highest BCUT2D eigenvalue weighted by atomic mass is 35.5. The molecule has 1 aromatic heterocycles. The molecule has 1 aliphatic heterocycles. The Kier molecular flexibility index (Phi) is 3.29. The van der Waals surface area contributed by atoms with Crippen molar-refractivity contribution >= 4 is 11.6 Å². The molecule has 1 aromatic rings. The second kappa shape index (κ2) is 4.51. The zero-order valence-corrected chi connectivity index (χ0v) is 9.65. The Morgan fingerprint density at radius 3 is 3.07 bits per heavy atom. The lowest BCUT2D eigenvalue weighted by Gasteiger charge is -2.15. The number of aromatic nitrogens is 2. The predicted octanol–water partition coefficient (Wildman–Crippen LogP) is 2.12. The molecule has 2 heterocycles. The molecule has 0 radical (unpaired) electrons. The summed E-state index contributed by atoms with van der Waals surface area (Å²) in [6.07, 6.45) is 3.24. The van der Waals surface area contributed by atoms with E-state index in [0.29, 0.717) is 18.5 Å². The monoisotopic (exact) mass is 230 g/mol. The van der Waals surface area contributed by atoms with Crippen molar-refractivity contribution in [3.8, 4) is 0 Å². The molecule has 1 saturated heterocycles. The maximum Gasteiger partial charge on any atom is 0.201 e. The molecule has 0 bridgehead atoms. The van der Waals surface area contributed by atoms with Crippen LogP contribution < -0.4 is 0 Å². The third-order valence-corrected chi connectivity index (χ3v) is 2.76. The van der Waals surface area contributed by atoms with Crippen molar-refractivity contribution in [1.29, 1.82) is 0 Å². The van der Waals surface area contributed by atoms with Gasteiger partial charge in [0.05, 0.1) is 36.8 Å². The number of hydrogen-bond acceptors (Lipinski definition) is 3. The van der Waals surface area contributed by atoms with Crippen LogP contribution in [0, 0.1) is 0 Å². The average Bonchev–Trinajstić information content (AvgIpc) is 2.85. The molecule has 2 unspecified atom stereocenters. The first-order valence-corrected chi connectivity index (χ1v) is 5.60. The fourth-order valence-electron chi connectivity index (χ4n) is 1.61. The van der Waals surface area contributed by atoms with Gasteiger partial charge in [-0.1, -0.05) is 0 Å². The summed E-state index contributed by atoms with van der Waals surface area (Å²) < 4.78 is 13.2. The van der Waals surface area contributed by atoms with E-state index in [-0.39, 0.29) is 12.4 Å². The summed E-state index contributed by atoms with van der Waals surface area (Å²) in [5.41, 5.74) is 0.956. The molecule has 1 fully saturated rings. The van der Waals surface area contributed by atoms with E-state index in [2.05, 4.69) is 18.8 Å². The molecule has 1 aliphatic rings. The highest BCUT2D eigenvalue weighted by Gasteiger charge is 2.29. The summed E-state index contributed by atoms with van der Waals surface area (Å²) in [6.45, 7) is 4.75. The van der Waals surface area contributed by atoms with Crippen molar-refractivity contribution in [3.05, 3.63) is 18.2 Å². The molecule has 0 N–H and O–H groups in total. The molecular weight excluding hydrogens is 216 g/mol. The normalized spacial score (nSPS) is 26.4. The van der Waals surface area contributed by atoms with E-state index in [0.717, 1.165) is 5.69 Å². The Balaban J connectivity index is 2.13. The summed E-state index contributed by atoms with van der Waals surface area (Å²) in [6, 6.07) is 0.352. The van der Waals surface area contributed by atoms with Crippen molar-refractivity contribution in [2.75, 3.05) is 12.5 Å². The Labute approximate surface area is 94.1 Å². The molecule has 5 heteroatoms. The molecule has 0 aliphatic carbocycles. The maximum absolute atomic E-state index is 5.71. The van der Waals surface area contributed by atoms with Gasteiger partial charge < -0.3 is 14.0 Å². The van der Waals surface area contributed by atoms with E-state index in [1.54, 1.807) is 12.5 Å². The van der Waals surface area contributed by atoms with Crippen molar-refractivity contribution in [2.45, 2.75) is 32.3 Å². The summed E-state index contributed by atoms with van der Waals surface area (Å²) in [7, 11) is 0. The van der Waals surface area contributed by atoms with E-state index in [9.17, 15) is 0 Å². The predicted molar refractivity (Wildman–Crippen MR) is 56.9 cm³/mol. The van der Waals surface area contributed by atoms with Crippen LogP contribution >= 0.6 is 11.6 Å². The van der Waals surface area contributed by atoms with Gasteiger partial charge in [0, 0.05) is 6.04 Å². The molecule has 15 heavy (non-hydrogen) atoms. The number of rotatable bonds is 3. The van der Waals surface area contributed by atoms with Crippen LogP contribution in [0.4, 0.5) is 0 Å². The van der Waals surface area contributed by atoms with E-state index < -0.39 is 0 Å². The van der Waals surface area contributed by atoms with Gasteiger partial charge in [0.2, 0.25) is 6.29 Å². The van der Waals surface area contributed by atoms with Crippen molar-refractivity contribution in [2.24, 2.45) is 0 Å². The fourth-order valence-corrected chi connectivity index (χ4v) is 1.77. The number of ether oxygens (including phenoxy) is 2. The van der Waals surface area contributed by atoms with Gasteiger partial charge in [-0.25, -0.2) is 4.98 Å². The van der Waals surface area contributed by atoms with E-state index in [1.165, 1.54) is 0 Å². The van der Waals surface area contributed by atoms with E-state index >= 15 is 0 Å². The first-order valence-electron chi connectivity index (χ1n) is 5.07. The Bertz CT molecular complexity index is 327. The quantitative estimate of drug-likeness (QED) is 0.747. The molecule has 0 saturated carbocycles. The van der Waals surface area contributed by atoms with Gasteiger partial charge in [-0.15, -0.1) is 11.6 Å². The third kappa shape index (κ3) is 2.17. The lowest BCUT2D eigenvalue weighted by molar-refractivity contribution is -0.0624. The molecule has 84 valence electrons. The number of imidazole rings is 1. The number of hydrogen-bond donors (Lipinski definition) is 0. The maximum atomic E-state index is 5.71. The van der Waals surface area contributed by atoms with Crippen LogP contribution in [0.2, 0.25) is 0 Å². The van der Waals surface area contributed by atoms with Gasteiger partial charge in [-0.05, 0) is 13.8 Å². The Morgan fingerprint density at radius 1 is 1.67 bits per heavy atom. The van der Waals surface area contributed by atoms with Crippen molar-refractivity contribution < 1.29 is 9.47 Å². The third-order valence-electron chi connectivity index (χ3n) is 2.42. The summed E-state index contributed by atoms with van der Waals surface area (Å²) >= 11 is 5.71. The van der Waals surface area contributed by atoms with Crippen LogP contribution in [0.15, 0.2) is 12.5 Å². The minimum atomic E-state index is -0.321. The number of halogens is 1. The number of alkyl halides is 1. The molecular formula is C10H15ClN2O2. The largest absolute Gasteiger partial charge is 0.344 e. The van der Waals surface area contributed by atoms with Crippen molar-refractivity contribution in [1.82, 2.24) is 9.55 Å². The van der Waals surface area contributed by atoms with Gasteiger partial charge in [-0.2, -0.15) is 0 Å². The highest BCUT2D eigenvalue weighted by Crippen LogP contribution is 2.28. The second-order valence-electron chi connectivity index (χ2n) is 3.90. The molecule has 0 spiro atoms. The van der Waals surface area contributed by atoms with Crippen molar-refractivity contribution in [3.63, 3.8) is 0 Å². The average molecular weight is 231 g/mol. The van der Waals surface area contributed by atoms with Crippen LogP contribution in [0.5, 0.6) is 0 Å². The smallest absolute Gasteiger partial charge is 0.201 e. The van der Waals surface area contributed by atoms with Gasteiger partial charge >= 0.3 is 0 Å². The number of nitrogens with zero attached hydrogens (tertiary/aromatic N) is 2. The van der Waals surface area contributed by atoms with E-state index in [4.69, 9.17) is 21.1 Å². The molecule has 0 amide bonds. The highest BCUT2D eigenvalue weighted by molar-refractivity contribution is 6.18. The minimum absolute atomic E-state index is 0.00724. The lowest BCUT2D eigenvalue weighted by atomic mass is 10.3. The van der Waals surface area contributed by atoms with Crippen LogP contribution in [-0.4, -0.2) is 28.1 Å². The Morgan fingerprint density at radius 2 is 2.47 bits per heavy atom. The molecule has 2 rings (SSSR count). The first kappa shape index (κ1) is 10.9. The standard InChI is InChI=1S/C10H15ClN2O2/c1-7(2)13-6-12-4-9(13)10-14-5-8(3-11)15-10/h4,6-8,10H,3,5H2,1-2H3. The van der Waals surface area contributed by atoms with E-state index in [1.807, 2.05) is 4.57 Å². The fraction of sp³-hybridized carbons (Fsp3) is 0.700. The zero-order valence-electron chi connectivity index (χ0n) is 8.89. The first-order chi connectivity index (χ1) is 7.22. The molecule has 4 nitrogen and oxygen atoms in total. The summed E-state index contributed by atoms with van der Waals surface area (Å²) in [5.74, 6) is 0.465. The van der Waals surface area contributed by atoms with Gasteiger partial charge in [0.1, 0.15) is 0 Å². The summed E-state index contributed by atoms with van der Waals surface area (Å²) in [5, 5.41) is 0. The molecule has 0 aromatic carbocycles. The van der Waals surface area contributed by atoms with Gasteiger partial charge in [0.25, 0.3) is 0 Å². The van der Waals surface area contributed by atoms with Crippen LogP contribution in [0.1, 0.15) is 31.9 Å². The molecule has 2 atom stereocenters. The lowest BCUT2D eigenvalue weighted by Crippen LogP contribution is -2.13. The van der Waals surface area contributed by atoms with Crippen LogP contribution in [0.3, 0.4) is 0 Å². The topological polar surface area (TPSA) is 36.3 Å².